The first kappa shape index (κ1) is 8.15. The topological polar surface area (TPSA) is 9.23 Å². The molecule has 2 heteroatoms. The van der Waals surface area contributed by atoms with Gasteiger partial charge in [0.15, 0.2) is 0 Å². The first-order valence-corrected chi connectivity index (χ1v) is 4.79. The molecule has 0 saturated heterocycles. The molecule has 0 aromatic heterocycles. The third-order valence-electron chi connectivity index (χ3n) is 2.03. The highest BCUT2D eigenvalue weighted by molar-refractivity contribution is 8.02. The molecular weight excluding hydrogens is 144 g/mol. The molecule has 0 aromatic carbocycles. The number of rotatable bonds is 1. The van der Waals surface area contributed by atoms with Crippen LogP contribution in [0.1, 0.15) is 13.8 Å². The highest BCUT2D eigenvalue weighted by Gasteiger charge is 2.14. The van der Waals surface area contributed by atoms with E-state index < -0.39 is 0 Å². The standard InChI is InChI=1S/C8H14OS/c1-6-4-9-5-8(10-3)7(6)2/h6H,4-5H2,1-3H3. The van der Waals surface area contributed by atoms with Crippen LogP contribution < -0.4 is 0 Å². The lowest BCUT2D eigenvalue weighted by atomic mass is 10.0. The van der Waals surface area contributed by atoms with Crippen LogP contribution in [-0.4, -0.2) is 19.5 Å². The molecule has 0 spiro atoms. The van der Waals surface area contributed by atoms with Gasteiger partial charge >= 0.3 is 0 Å². The van der Waals surface area contributed by atoms with Gasteiger partial charge in [-0.2, -0.15) is 0 Å². The molecule has 10 heavy (non-hydrogen) atoms. The lowest BCUT2D eigenvalue weighted by Gasteiger charge is -2.22. The van der Waals surface area contributed by atoms with E-state index in [0.717, 1.165) is 13.2 Å². The molecule has 0 bridgehead atoms. The van der Waals surface area contributed by atoms with Crippen molar-refractivity contribution in [2.24, 2.45) is 5.92 Å². The fraction of sp³-hybridized carbons (Fsp3) is 0.750. The number of hydrogen-bond donors (Lipinski definition) is 0. The minimum absolute atomic E-state index is 0.621. The van der Waals surface area contributed by atoms with E-state index in [2.05, 4.69) is 20.1 Å². The monoisotopic (exact) mass is 158 g/mol. The van der Waals surface area contributed by atoms with Crippen molar-refractivity contribution in [3.8, 4) is 0 Å². The van der Waals surface area contributed by atoms with Gasteiger partial charge in [0.2, 0.25) is 0 Å². The predicted octanol–water partition coefficient (Wildman–Crippen LogP) is 2.29. The number of hydrogen-bond acceptors (Lipinski definition) is 2. The second-order valence-corrected chi connectivity index (χ2v) is 3.63. The first-order valence-electron chi connectivity index (χ1n) is 3.57. The Morgan fingerprint density at radius 3 is 2.80 bits per heavy atom. The Morgan fingerprint density at radius 2 is 2.30 bits per heavy atom. The normalized spacial score (nSPS) is 27.3. The zero-order valence-corrected chi connectivity index (χ0v) is 7.62. The van der Waals surface area contributed by atoms with E-state index in [9.17, 15) is 0 Å². The van der Waals surface area contributed by atoms with Gasteiger partial charge in [0, 0.05) is 10.8 Å². The second-order valence-electron chi connectivity index (χ2n) is 2.73. The molecule has 1 heterocycles. The third-order valence-corrected chi connectivity index (χ3v) is 2.96. The van der Waals surface area contributed by atoms with E-state index >= 15 is 0 Å². The van der Waals surface area contributed by atoms with Crippen LogP contribution in [0.4, 0.5) is 0 Å². The van der Waals surface area contributed by atoms with Crippen molar-refractivity contribution in [2.75, 3.05) is 19.5 Å². The Morgan fingerprint density at radius 1 is 1.60 bits per heavy atom. The van der Waals surface area contributed by atoms with Gasteiger partial charge in [-0.15, -0.1) is 11.8 Å². The molecule has 1 aliphatic heterocycles. The number of thioether (sulfide) groups is 1. The van der Waals surface area contributed by atoms with Crippen molar-refractivity contribution in [1.29, 1.82) is 0 Å². The van der Waals surface area contributed by atoms with Crippen molar-refractivity contribution in [3.05, 3.63) is 10.5 Å². The van der Waals surface area contributed by atoms with Crippen LogP contribution in [0.15, 0.2) is 10.5 Å². The molecular formula is C8H14OS. The summed E-state index contributed by atoms with van der Waals surface area (Å²) < 4.78 is 5.38. The minimum Gasteiger partial charge on any atom is -0.376 e. The van der Waals surface area contributed by atoms with Crippen molar-refractivity contribution >= 4 is 11.8 Å². The smallest absolute Gasteiger partial charge is 0.0775 e. The summed E-state index contributed by atoms with van der Waals surface area (Å²) in [5, 5.41) is 0. The van der Waals surface area contributed by atoms with E-state index in [1.807, 2.05) is 11.8 Å². The van der Waals surface area contributed by atoms with Gasteiger partial charge < -0.3 is 4.74 Å². The maximum atomic E-state index is 5.38. The quantitative estimate of drug-likeness (QED) is 0.579. The summed E-state index contributed by atoms with van der Waals surface area (Å²) in [6, 6.07) is 0. The maximum absolute atomic E-state index is 5.38. The number of ether oxygens (including phenoxy) is 1. The SMILES string of the molecule is CSC1=C(C)C(C)COC1. The molecule has 1 nitrogen and oxygen atoms in total. The van der Waals surface area contributed by atoms with Gasteiger partial charge in [-0.1, -0.05) is 12.5 Å². The van der Waals surface area contributed by atoms with Crippen LogP contribution in [0.25, 0.3) is 0 Å². The minimum atomic E-state index is 0.621. The van der Waals surface area contributed by atoms with Gasteiger partial charge in [0.25, 0.3) is 0 Å². The Hall–Kier alpha value is 0.0500. The van der Waals surface area contributed by atoms with Gasteiger partial charge in [-0.05, 0) is 13.2 Å². The molecule has 58 valence electrons. The summed E-state index contributed by atoms with van der Waals surface area (Å²) in [5.74, 6) is 0.621. The summed E-state index contributed by atoms with van der Waals surface area (Å²) in [7, 11) is 0. The van der Waals surface area contributed by atoms with E-state index in [1.165, 1.54) is 10.5 Å². The average molecular weight is 158 g/mol. The van der Waals surface area contributed by atoms with E-state index in [4.69, 9.17) is 4.74 Å². The molecule has 0 aliphatic carbocycles. The average Bonchev–Trinajstić information content (AvgIpc) is 1.95. The highest BCUT2D eigenvalue weighted by Crippen LogP contribution is 2.26. The summed E-state index contributed by atoms with van der Waals surface area (Å²) in [4.78, 5) is 1.42. The lowest BCUT2D eigenvalue weighted by molar-refractivity contribution is 0.123. The largest absolute Gasteiger partial charge is 0.376 e. The molecule has 1 aliphatic rings. The van der Waals surface area contributed by atoms with E-state index in [1.54, 1.807) is 0 Å². The predicted molar refractivity (Wildman–Crippen MR) is 46.2 cm³/mol. The summed E-state index contributed by atoms with van der Waals surface area (Å²) >= 11 is 1.81. The highest BCUT2D eigenvalue weighted by atomic mass is 32.2. The Kier molecular flexibility index (Phi) is 2.81. The Bertz CT molecular complexity index is 151. The van der Waals surface area contributed by atoms with Gasteiger partial charge in [-0.25, -0.2) is 0 Å². The second kappa shape index (κ2) is 3.44. The molecule has 0 N–H and O–H groups in total. The Labute approximate surface area is 66.8 Å². The lowest BCUT2D eigenvalue weighted by Crippen LogP contribution is -2.16. The summed E-state index contributed by atoms with van der Waals surface area (Å²) in [6.07, 6.45) is 2.11. The van der Waals surface area contributed by atoms with Crippen molar-refractivity contribution in [2.45, 2.75) is 13.8 Å². The van der Waals surface area contributed by atoms with E-state index in [0.29, 0.717) is 5.92 Å². The summed E-state index contributed by atoms with van der Waals surface area (Å²) in [6.45, 7) is 6.15. The van der Waals surface area contributed by atoms with Crippen LogP contribution in [-0.2, 0) is 4.74 Å². The molecule has 1 rings (SSSR count). The van der Waals surface area contributed by atoms with Crippen molar-refractivity contribution in [3.63, 3.8) is 0 Å². The molecule has 0 saturated carbocycles. The van der Waals surface area contributed by atoms with Crippen LogP contribution in [0, 0.1) is 5.92 Å². The zero-order chi connectivity index (χ0) is 7.56. The Balaban J connectivity index is 2.72. The van der Waals surface area contributed by atoms with Gasteiger partial charge in [-0.3, -0.25) is 0 Å². The third kappa shape index (κ3) is 1.55. The van der Waals surface area contributed by atoms with Crippen LogP contribution in [0.5, 0.6) is 0 Å². The molecule has 0 amide bonds. The fourth-order valence-electron chi connectivity index (χ4n) is 1.06. The van der Waals surface area contributed by atoms with Crippen LogP contribution in [0.2, 0.25) is 0 Å². The van der Waals surface area contributed by atoms with Crippen molar-refractivity contribution in [1.82, 2.24) is 0 Å². The molecule has 0 radical (unpaired) electrons. The molecule has 0 aromatic rings. The fourth-order valence-corrected chi connectivity index (χ4v) is 1.79. The summed E-state index contributed by atoms with van der Waals surface area (Å²) in [5.41, 5.74) is 1.51. The molecule has 1 unspecified atom stereocenters. The van der Waals surface area contributed by atoms with Gasteiger partial charge in [0.05, 0.1) is 13.2 Å². The first-order chi connectivity index (χ1) is 4.75. The molecule has 0 fully saturated rings. The maximum Gasteiger partial charge on any atom is 0.0775 e. The van der Waals surface area contributed by atoms with Crippen LogP contribution in [0.3, 0.4) is 0 Å². The van der Waals surface area contributed by atoms with Crippen LogP contribution >= 0.6 is 11.8 Å². The molecule has 1 atom stereocenters. The van der Waals surface area contributed by atoms with Gasteiger partial charge in [0.1, 0.15) is 0 Å². The van der Waals surface area contributed by atoms with E-state index in [-0.39, 0.29) is 0 Å². The van der Waals surface area contributed by atoms with Crippen molar-refractivity contribution < 1.29 is 4.74 Å². The zero-order valence-electron chi connectivity index (χ0n) is 6.81.